The summed E-state index contributed by atoms with van der Waals surface area (Å²) in [6.07, 6.45) is 2.31. The Morgan fingerprint density at radius 3 is 2.71 bits per heavy atom. The van der Waals surface area contributed by atoms with Gasteiger partial charge in [-0.05, 0) is 38.0 Å². The molecule has 0 radical (unpaired) electrons. The summed E-state index contributed by atoms with van der Waals surface area (Å²) in [4.78, 5) is 4.77. The number of halogens is 1. The van der Waals surface area contributed by atoms with Crippen molar-refractivity contribution in [1.29, 1.82) is 0 Å². The second kappa shape index (κ2) is 4.50. The zero-order valence-corrected chi connectivity index (χ0v) is 12.4. The number of nitrogens with zero attached hydrogens (tertiary/aromatic N) is 2. The molecule has 1 heterocycles. The number of hydrogen-bond acceptors (Lipinski definition) is 2. The number of aromatic hydroxyl groups is 1. The molecule has 1 fully saturated rings. The van der Waals surface area contributed by atoms with Crippen LogP contribution in [-0.2, 0) is 0 Å². The van der Waals surface area contributed by atoms with E-state index in [0.717, 1.165) is 45.8 Å². The van der Waals surface area contributed by atoms with E-state index in [9.17, 15) is 5.11 Å². The summed E-state index contributed by atoms with van der Waals surface area (Å²) in [5.74, 6) is 1.20. The highest BCUT2D eigenvalue weighted by Crippen LogP contribution is 2.43. The molecule has 0 saturated heterocycles. The number of aromatic nitrogens is 2. The Labute approximate surface area is 127 Å². The molecule has 0 bridgehead atoms. The van der Waals surface area contributed by atoms with Gasteiger partial charge >= 0.3 is 0 Å². The number of phenolic OH excluding ortho intramolecular Hbond substituents is 1. The maximum Gasteiger partial charge on any atom is 0.141 e. The van der Waals surface area contributed by atoms with Crippen LogP contribution in [0.5, 0.6) is 5.75 Å². The van der Waals surface area contributed by atoms with Gasteiger partial charge in [-0.3, -0.25) is 0 Å². The minimum Gasteiger partial charge on any atom is -0.508 e. The summed E-state index contributed by atoms with van der Waals surface area (Å²) < 4.78 is 2.24. The first-order valence-corrected chi connectivity index (χ1v) is 7.50. The first-order chi connectivity index (χ1) is 10.2. The van der Waals surface area contributed by atoms with Crippen molar-refractivity contribution in [3.05, 3.63) is 47.0 Å². The predicted octanol–water partition coefficient (Wildman–Crippen LogP) is 4.71. The van der Waals surface area contributed by atoms with Crippen molar-refractivity contribution in [2.24, 2.45) is 0 Å². The number of para-hydroxylation sites is 1. The second-order valence-corrected chi connectivity index (χ2v) is 6.00. The molecule has 4 rings (SSSR count). The van der Waals surface area contributed by atoms with Gasteiger partial charge in [-0.1, -0.05) is 29.8 Å². The van der Waals surface area contributed by atoms with Crippen molar-refractivity contribution >= 4 is 22.6 Å². The fourth-order valence-corrected chi connectivity index (χ4v) is 3.11. The number of imidazole rings is 1. The summed E-state index contributed by atoms with van der Waals surface area (Å²) in [6, 6.07) is 11.8. The van der Waals surface area contributed by atoms with E-state index in [0.29, 0.717) is 11.8 Å². The molecule has 21 heavy (non-hydrogen) atoms. The van der Waals surface area contributed by atoms with E-state index in [-0.39, 0.29) is 0 Å². The normalized spacial score (nSPS) is 14.8. The van der Waals surface area contributed by atoms with Crippen LogP contribution in [0.4, 0.5) is 0 Å². The van der Waals surface area contributed by atoms with Gasteiger partial charge in [0.15, 0.2) is 0 Å². The van der Waals surface area contributed by atoms with Crippen molar-refractivity contribution in [1.82, 2.24) is 9.55 Å². The van der Waals surface area contributed by atoms with Crippen LogP contribution in [0.3, 0.4) is 0 Å². The minimum absolute atomic E-state index is 0.299. The molecule has 0 amide bonds. The molecule has 2 aromatic carbocycles. The van der Waals surface area contributed by atoms with Gasteiger partial charge < -0.3 is 9.67 Å². The fraction of sp³-hybridized carbons (Fsp3) is 0.235. The summed E-state index contributed by atoms with van der Waals surface area (Å²) >= 11 is 6.40. The molecule has 4 heteroatoms. The smallest absolute Gasteiger partial charge is 0.141 e. The van der Waals surface area contributed by atoms with Crippen molar-refractivity contribution in [3.8, 4) is 17.1 Å². The third-order valence-electron chi connectivity index (χ3n) is 4.12. The largest absolute Gasteiger partial charge is 0.508 e. The Bertz CT molecular complexity index is 849. The molecule has 1 aliphatic rings. The molecular formula is C17H15ClN2O. The first-order valence-electron chi connectivity index (χ1n) is 7.12. The molecule has 1 N–H and O–H groups in total. The summed E-state index contributed by atoms with van der Waals surface area (Å²) in [5.41, 5.74) is 3.73. The molecule has 3 nitrogen and oxygen atoms in total. The van der Waals surface area contributed by atoms with Gasteiger partial charge in [0.25, 0.3) is 0 Å². The zero-order valence-electron chi connectivity index (χ0n) is 11.7. The Balaban J connectivity index is 2.07. The molecule has 0 unspecified atom stereocenters. The highest BCUT2D eigenvalue weighted by Gasteiger charge is 2.30. The molecule has 1 aromatic heterocycles. The molecular weight excluding hydrogens is 284 g/mol. The Morgan fingerprint density at radius 2 is 1.95 bits per heavy atom. The average molecular weight is 299 g/mol. The van der Waals surface area contributed by atoms with E-state index in [2.05, 4.69) is 4.57 Å². The van der Waals surface area contributed by atoms with Crippen molar-refractivity contribution < 1.29 is 5.11 Å². The Hall–Kier alpha value is -2.00. The lowest BCUT2D eigenvalue weighted by molar-refractivity contribution is 0.471. The lowest BCUT2D eigenvalue weighted by atomic mass is 10.1. The quantitative estimate of drug-likeness (QED) is 0.744. The number of rotatable bonds is 2. The third-order valence-corrected chi connectivity index (χ3v) is 4.42. The van der Waals surface area contributed by atoms with Crippen molar-refractivity contribution in [2.45, 2.75) is 25.8 Å². The van der Waals surface area contributed by atoms with Crippen LogP contribution in [-0.4, -0.2) is 14.7 Å². The van der Waals surface area contributed by atoms with E-state index >= 15 is 0 Å². The molecule has 106 valence electrons. The standard InChI is InChI=1S/C17H15ClN2O/c1-10-12(4-2-7-15(10)21)17-19-14-6-3-5-13(18)16(14)20(17)11-8-9-11/h2-7,11,21H,8-9H2,1H3. The van der Waals surface area contributed by atoms with Crippen LogP contribution >= 0.6 is 11.6 Å². The van der Waals surface area contributed by atoms with E-state index < -0.39 is 0 Å². The van der Waals surface area contributed by atoms with Crippen molar-refractivity contribution in [3.63, 3.8) is 0 Å². The van der Waals surface area contributed by atoms with Crippen LogP contribution in [0.15, 0.2) is 36.4 Å². The average Bonchev–Trinajstić information content (AvgIpc) is 3.23. The Morgan fingerprint density at radius 1 is 1.19 bits per heavy atom. The molecule has 0 atom stereocenters. The predicted molar refractivity (Wildman–Crippen MR) is 84.9 cm³/mol. The Kier molecular flexibility index (Phi) is 2.73. The highest BCUT2D eigenvalue weighted by atomic mass is 35.5. The summed E-state index contributed by atoms with van der Waals surface area (Å²) in [6.45, 7) is 1.92. The number of fused-ring (bicyclic) bond motifs is 1. The zero-order chi connectivity index (χ0) is 14.6. The van der Waals surface area contributed by atoms with E-state index in [4.69, 9.17) is 16.6 Å². The molecule has 3 aromatic rings. The molecule has 1 saturated carbocycles. The van der Waals surface area contributed by atoms with E-state index in [1.54, 1.807) is 6.07 Å². The highest BCUT2D eigenvalue weighted by molar-refractivity contribution is 6.35. The molecule has 1 aliphatic carbocycles. The number of hydrogen-bond donors (Lipinski definition) is 1. The van der Waals surface area contributed by atoms with Gasteiger partial charge in [0.2, 0.25) is 0 Å². The second-order valence-electron chi connectivity index (χ2n) is 5.59. The SMILES string of the molecule is Cc1c(O)cccc1-c1nc2cccc(Cl)c2n1C1CC1. The molecule has 0 aliphatic heterocycles. The lowest BCUT2D eigenvalue weighted by Gasteiger charge is -2.11. The topological polar surface area (TPSA) is 38.1 Å². The maximum absolute atomic E-state index is 9.97. The van der Waals surface area contributed by atoms with Crippen LogP contribution in [0, 0.1) is 6.92 Å². The van der Waals surface area contributed by atoms with Gasteiger partial charge in [-0.25, -0.2) is 4.98 Å². The van der Waals surface area contributed by atoms with Crippen LogP contribution in [0.2, 0.25) is 5.02 Å². The van der Waals surface area contributed by atoms with Gasteiger partial charge in [-0.15, -0.1) is 0 Å². The van der Waals surface area contributed by atoms with Gasteiger partial charge in [0.05, 0.1) is 16.1 Å². The maximum atomic E-state index is 9.97. The van der Waals surface area contributed by atoms with Crippen molar-refractivity contribution in [2.75, 3.05) is 0 Å². The minimum atomic E-state index is 0.299. The fourth-order valence-electron chi connectivity index (χ4n) is 2.85. The van der Waals surface area contributed by atoms with Crippen LogP contribution in [0.25, 0.3) is 22.4 Å². The van der Waals surface area contributed by atoms with E-state index in [1.807, 2.05) is 37.3 Å². The first kappa shape index (κ1) is 12.7. The van der Waals surface area contributed by atoms with Gasteiger partial charge in [0, 0.05) is 17.2 Å². The van der Waals surface area contributed by atoms with Crippen LogP contribution < -0.4 is 0 Å². The number of phenols is 1. The molecule has 0 spiro atoms. The van der Waals surface area contributed by atoms with Gasteiger partial charge in [-0.2, -0.15) is 0 Å². The summed E-state index contributed by atoms with van der Waals surface area (Å²) in [7, 11) is 0. The third kappa shape index (κ3) is 1.92. The van der Waals surface area contributed by atoms with Gasteiger partial charge in [0.1, 0.15) is 11.6 Å². The van der Waals surface area contributed by atoms with Crippen LogP contribution in [0.1, 0.15) is 24.4 Å². The van der Waals surface area contributed by atoms with E-state index in [1.165, 1.54) is 0 Å². The lowest BCUT2D eigenvalue weighted by Crippen LogP contribution is -1.99. The monoisotopic (exact) mass is 298 g/mol. The number of benzene rings is 2. The summed E-state index contributed by atoms with van der Waals surface area (Å²) in [5, 5.41) is 10.7.